The van der Waals surface area contributed by atoms with E-state index in [2.05, 4.69) is 0 Å². The van der Waals surface area contributed by atoms with Gasteiger partial charge in [0.05, 0.1) is 6.10 Å². The van der Waals surface area contributed by atoms with Gasteiger partial charge < -0.3 is 10.0 Å². The first-order chi connectivity index (χ1) is 8.65. The van der Waals surface area contributed by atoms with E-state index in [0.29, 0.717) is 18.4 Å². The van der Waals surface area contributed by atoms with E-state index in [-0.39, 0.29) is 29.9 Å². The molecule has 18 heavy (non-hydrogen) atoms. The van der Waals surface area contributed by atoms with Crippen molar-refractivity contribution in [3.63, 3.8) is 0 Å². The Kier molecular flexibility index (Phi) is 2.82. The van der Waals surface area contributed by atoms with Crippen LogP contribution in [0.1, 0.15) is 36.0 Å². The molecule has 2 atom stereocenters. The number of nitrogens with zero attached hydrogens (tertiary/aromatic N) is 1. The Labute approximate surface area is 105 Å². The third-order valence-electron chi connectivity index (χ3n) is 4.01. The summed E-state index contributed by atoms with van der Waals surface area (Å²) in [5.41, 5.74) is 0.406. The summed E-state index contributed by atoms with van der Waals surface area (Å²) in [7, 11) is 0. The zero-order chi connectivity index (χ0) is 12.7. The van der Waals surface area contributed by atoms with Crippen molar-refractivity contribution in [2.45, 2.75) is 43.9 Å². The van der Waals surface area contributed by atoms with Crippen LogP contribution >= 0.6 is 0 Å². The Morgan fingerprint density at radius 1 is 1.28 bits per heavy atom. The molecule has 2 aliphatic heterocycles. The van der Waals surface area contributed by atoms with E-state index >= 15 is 0 Å². The fourth-order valence-corrected chi connectivity index (χ4v) is 3.25. The SMILES string of the molecule is O=C(c1cccc(F)c1)N1C2CCC1CC(O)C2. The Hall–Kier alpha value is -1.42. The Morgan fingerprint density at radius 3 is 2.56 bits per heavy atom. The van der Waals surface area contributed by atoms with E-state index in [1.807, 2.05) is 4.90 Å². The van der Waals surface area contributed by atoms with Gasteiger partial charge in [-0.1, -0.05) is 6.07 Å². The molecule has 1 amide bonds. The van der Waals surface area contributed by atoms with Crippen LogP contribution in [0.2, 0.25) is 0 Å². The van der Waals surface area contributed by atoms with Gasteiger partial charge in [0.1, 0.15) is 5.82 Å². The molecular formula is C14H16FNO2. The second kappa shape index (κ2) is 4.35. The maximum Gasteiger partial charge on any atom is 0.254 e. The molecule has 2 unspecified atom stereocenters. The predicted octanol–water partition coefficient (Wildman–Crippen LogP) is 1.95. The summed E-state index contributed by atoms with van der Waals surface area (Å²) >= 11 is 0. The monoisotopic (exact) mass is 249 g/mol. The fourth-order valence-electron chi connectivity index (χ4n) is 3.25. The third kappa shape index (κ3) is 1.90. The Bertz CT molecular complexity index is 463. The highest BCUT2D eigenvalue weighted by Gasteiger charge is 2.42. The number of hydrogen-bond donors (Lipinski definition) is 1. The summed E-state index contributed by atoms with van der Waals surface area (Å²) in [5.74, 6) is -0.487. The molecule has 2 saturated heterocycles. The smallest absolute Gasteiger partial charge is 0.254 e. The number of aliphatic hydroxyl groups excluding tert-OH is 1. The van der Waals surface area contributed by atoms with E-state index in [1.54, 1.807) is 12.1 Å². The lowest BCUT2D eigenvalue weighted by Gasteiger charge is -2.37. The third-order valence-corrected chi connectivity index (χ3v) is 4.01. The highest BCUT2D eigenvalue weighted by molar-refractivity contribution is 5.95. The molecule has 0 radical (unpaired) electrons. The van der Waals surface area contributed by atoms with Crippen LogP contribution < -0.4 is 0 Å². The fraction of sp³-hybridized carbons (Fsp3) is 0.500. The van der Waals surface area contributed by atoms with Gasteiger partial charge in [-0.2, -0.15) is 0 Å². The molecule has 0 aromatic heterocycles. The second-order valence-electron chi connectivity index (χ2n) is 5.23. The lowest BCUT2D eigenvalue weighted by molar-refractivity contribution is 0.0286. The summed E-state index contributed by atoms with van der Waals surface area (Å²) in [6, 6.07) is 6.07. The number of fused-ring (bicyclic) bond motifs is 2. The van der Waals surface area contributed by atoms with Crippen molar-refractivity contribution < 1.29 is 14.3 Å². The number of halogens is 1. The normalized spacial score (nSPS) is 30.6. The molecular weight excluding hydrogens is 233 g/mol. The zero-order valence-corrected chi connectivity index (χ0v) is 10.1. The summed E-state index contributed by atoms with van der Waals surface area (Å²) in [6.45, 7) is 0. The molecule has 1 N–H and O–H groups in total. The van der Waals surface area contributed by atoms with Crippen LogP contribution in [0.15, 0.2) is 24.3 Å². The van der Waals surface area contributed by atoms with Gasteiger partial charge in [0, 0.05) is 17.6 Å². The van der Waals surface area contributed by atoms with Crippen LogP contribution in [0.4, 0.5) is 4.39 Å². The lowest BCUT2D eigenvalue weighted by Crippen LogP contribution is -2.48. The van der Waals surface area contributed by atoms with Crippen molar-refractivity contribution in [1.29, 1.82) is 0 Å². The zero-order valence-electron chi connectivity index (χ0n) is 10.1. The average Bonchev–Trinajstić information content (AvgIpc) is 2.61. The number of rotatable bonds is 1. The van der Waals surface area contributed by atoms with Gasteiger partial charge in [-0.15, -0.1) is 0 Å². The molecule has 2 fully saturated rings. The first-order valence-electron chi connectivity index (χ1n) is 6.41. The lowest BCUT2D eigenvalue weighted by atomic mass is 9.99. The highest BCUT2D eigenvalue weighted by atomic mass is 19.1. The molecule has 0 saturated carbocycles. The van der Waals surface area contributed by atoms with Crippen molar-refractivity contribution in [1.82, 2.24) is 4.90 Å². The van der Waals surface area contributed by atoms with Crippen LogP contribution in [0.25, 0.3) is 0 Å². The average molecular weight is 249 g/mol. The minimum atomic E-state index is -0.384. The number of carbonyl (C=O) groups is 1. The maximum atomic E-state index is 13.2. The number of amides is 1. The van der Waals surface area contributed by atoms with Crippen LogP contribution in [0.3, 0.4) is 0 Å². The topological polar surface area (TPSA) is 40.5 Å². The predicted molar refractivity (Wildman–Crippen MR) is 64.6 cm³/mol. The van der Waals surface area contributed by atoms with E-state index in [1.165, 1.54) is 12.1 Å². The quantitative estimate of drug-likeness (QED) is 0.826. The highest BCUT2D eigenvalue weighted by Crippen LogP contribution is 2.36. The molecule has 3 nitrogen and oxygen atoms in total. The molecule has 2 bridgehead atoms. The molecule has 3 rings (SSSR count). The molecule has 0 aliphatic carbocycles. The standard InChI is InChI=1S/C14H16FNO2/c15-10-3-1-2-9(6-10)14(18)16-11-4-5-12(16)8-13(17)7-11/h1-3,6,11-13,17H,4-5,7-8H2. The van der Waals surface area contributed by atoms with E-state index in [9.17, 15) is 14.3 Å². The van der Waals surface area contributed by atoms with Crippen LogP contribution in [0.5, 0.6) is 0 Å². The molecule has 2 heterocycles. The minimum absolute atomic E-state index is 0.103. The largest absolute Gasteiger partial charge is 0.393 e. The molecule has 0 spiro atoms. The summed E-state index contributed by atoms with van der Waals surface area (Å²) < 4.78 is 13.2. The molecule has 1 aromatic rings. The first kappa shape index (κ1) is 11.7. The summed E-state index contributed by atoms with van der Waals surface area (Å²) in [6.07, 6.45) is 2.90. The van der Waals surface area contributed by atoms with E-state index in [0.717, 1.165) is 12.8 Å². The van der Waals surface area contributed by atoms with E-state index in [4.69, 9.17) is 0 Å². The van der Waals surface area contributed by atoms with Gasteiger partial charge in [-0.3, -0.25) is 4.79 Å². The number of hydrogen-bond acceptors (Lipinski definition) is 2. The molecule has 2 aliphatic rings. The van der Waals surface area contributed by atoms with Gasteiger partial charge in [0.2, 0.25) is 0 Å². The number of benzene rings is 1. The van der Waals surface area contributed by atoms with Crippen LogP contribution in [0, 0.1) is 5.82 Å². The molecule has 96 valence electrons. The van der Waals surface area contributed by atoms with Crippen molar-refractivity contribution in [2.24, 2.45) is 0 Å². The summed E-state index contributed by atoms with van der Waals surface area (Å²) in [4.78, 5) is 14.2. The Balaban J connectivity index is 1.85. The molecule has 4 heteroatoms. The molecule has 1 aromatic carbocycles. The van der Waals surface area contributed by atoms with Gasteiger partial charge in [-0.05, 0) is 43.9 Å². The van der Waals surface area contributed by atoms with Gasteiger partial charge in [0.15, 0.2) is 0 Å². The van der Waals surface area contributed by atoms with Gasteiger partial charge >= 0.3 is 0 Å². The number of aliphatic hydroxyl groups is 1. The van der Waals surface area contributed by atoms with Gasteiger partial charge in [-0.25, -0.2) is 4.39 Å². The second-order valence-corrected chi connectivity index (χ2v) is 5.23. The number of carbonyl (C=O) groups excluding carboxylic acids is 1. The van der Waals surface area contributed by atoms with Crippen LogP contribution in [-0.2, 0) is 0 Å². The van der Waals surface area contributed by atoms with Crippen molar-refractivity contribution in [3.05, 3.63) is 35.6 Å². The summed E-state index contributed by atoms with van der Waals surface area (Å²) in [5, 5.41) is 9.71. The van der Waals surface area contributed by atoms with Crippen molar-refractivity contribution in [3.8, 4) is 0 Å². The maximum absolute atomic E-state index is 13.2. The number of piperidine rings is 1. The van der Waals surface area contributed by atoms with Crippen LogP contribution in [-0.4, -0.2) is 34.1 Å². The van der Waals surface area contributed by atoms with Gasteiger partial charge in [0.25, 0.3) is 5.91 Å². The van der Waals surface area contributed by atoms with E-state index < -0.39 is 0 Å². The first-order valence-corrected chi connectivity index (χ1v) is 6.41. The Morgan fingerprint density at radius 2 is 1.94 bits per heavy atom. The van der Waals surface area contributed by atoms with Crippen molar-refractivity contribution in [2.75, 3.05) is 0 Å². The minimum Gasteiger partial charge on any atom is -0.393 e. The van der Waals surface area contributed by atoms with Crippen molar-refractivity contribution >= 4 is 5.91 Å².